The third-order valence-corrected chi connectivity index (χ3v) is 13.5. The van der Waals surface area contributed by atoms with E-state index in [2.05, 4.69) is 52.6 Å². The van der Waals surface area contributed by atoms with E-state index in [1.54, 1.807) is 24.0 Å². The van der Waals surface area contributed by atoms with Crippen LogP contribution < -0.4 is 19.3 Å². The third-order valence-electron chi connectivity index (χ3n) is 11.9. The van der Waals surface area contributed by atoms with Crippen LogP contribution in [0.3, 0.4) is 0 Å². The van der Waals surface area contributed by atoms with E-state index < -0.39 is 0 Å². The zero-order valence-electron chi connectivity index (χ0n) is 38.7. The smallest absolute Gasteiger partial charge is 0.273 e. The molecule has 67 heavy (non-hydrogen) atoms. The first-order valence-corrected chi connectivity index (χ1v) is 23.3. The summed E-state index contributed by atoms with van der Waals surface area (Å²) in [6, 6.07) is 32.3. The molecule has 8 rings (SSSR count). The lowest BCUT2D eigenvalue weighted by Crippen LogP contribution is -2.46. The highest BCUT2D eigenvalue weighted by molar-refractivity contribution is 7.13. The first-order chi connectivity index (χ1) is 30.3. The predicted molar refractivity (Wildman–Crippen MR) is 288 cm³/mol. The van der Waals surface area contributed by atoms with E-state index in [1.807, 2.05) is 86.9 Å². The van der Waals surface area contributed by atoms with Gasteiger partial charge >= 0.3 is 0 Å². The molecule has 13 nitrogen and oxygen atoms in total. The number of ether oxygens (including phenoxy) is 2. The number of nitrogens with zero attached hydrogens (tertiary/aromatic N) is 8. The fourth-order valence-corrected chi connectivity index (χ4v) is 9.76. The number of aromatic nitrogens is 2. The van der Waals surface area contributed by atoms with Crippen molar-refractivity contribution in [3.05, 3.63) is 108 Å². The highest BCUT2D eigenvalue weighted by Crippen LogP contribution is 2.30. The SMILES string of the molecule is COc1ccccc1N1CCN(CCCCN(C)C(=O)c2nsc3ccccc23)CC1.COc1ccccc1N1CCN(CCCCN(C)C(=O)c2nsc3ccccc23)CC1.Cl.Cl.Cl.Cl.O. The Morgan fingerprint density at radius 2 is 0.866 bits per heavy atom. The monoisotopic (exact) mass is 1040 g/mol. The van der Waals surface area contributed by atoms with Crippen LogP contribution in [-0.2, 0) is 0 Å². The van der Waals surface area contributed by atoms with E-state index in [1.165, 1.54) is 34.4 Å². The van der Waals surface area contributed by atoms with Gasteiger partial charge in [0.05, 0.1) is 35.0 Å². The molecule has 0 unspecified atom stereocenters. The number of para-hydroxylation sites is 4. The molecule has 2 amide bonds. The van der Waals surface area contributed by atoms with Crippen molar-refractivity contribution in [2.24, 2.45) is 0 Å². The zero-order valence-corrected chi connectivity index (χ0v) is 43.6. The van der Waals surface area contributed by atoms with Gasteiger partial charge in [-0.15, -0.1) is 49.6 Å². The number of amides is 2. The second-order valence-electron chi connectivity index (χ2n) is 15.9. The summed E-state index contributed by atoms with van der Waals surface area (Å²) >= 11 is 2.78. The number of hydrogen-bond donors (Lipinski definition) is 0. The molecule has 2 saturated heterocycles. The Bertz CT molecular complexity index is 2220. The zero-order chi connectivity index (χ0) is 43.3. The van der Waals surface area contributed by atoms with Crippen LogP contribution in [0.5, 0.6) is 11.5 Å². The molecule has 4 heterocycles. The molecular formula is C48H66Cl4N8O5S2. The van der Waals surface area contributed by atoms with E-state index >= 15 is 0 Å². The second kappa shape index (κ2) is 29.7. The van der Waals surface area contributed by atoms with Crippen molar-refractivity contribution < 1.29 is 24.5 Å². The van der Waals surface area contributed by atoms with Crippen molar-refractivity contribution >= 4 is 116 Å². The number of unbranched alkanes of at least 4 members (excludes halogenated alkanes) is 2. The number of carbonyl (C=O) groups excluding carboxylic acids is 2. The maximum atomic E-state index is 12.8. The largest absolute Gasteiger partial charge is 0.495 e. The van der Waals surface area contributed by atoms with Gasteiger partial charge in [-0.3, -0.25) is 19.4 Å². The topological polar surface area (TPSA) is 129 Å². The highest BCUT2D eigenvalue weighted by Gasteiger charge is 2.23. The van der Waals surface area contributed by atoms with Crippen LogP contribution in [0.2, 0.25) is 0 Å². The van der Waals surface area contributed by atoms with Crippen LogP contribution >= 0.6 is 72.7 Å². The summed E-state index contributed by atoms with van der Waals surface area (Å²) in [7, 11) is 7.21. The molecule has 0 saturated carbocycles. The Morgan fingerprint density at radius 1 is 0.522 bits per heavy atom. The van der Waals surface area contributed by atoms with Gasteiger partial charge in [-0.05, 0) is 98.2 Å². The number of hydrogen-bond acceptors (Lipinski definition) is 12. The van der Waals surface area contributed by atoms with Gasteiger partial charge in [-0.1, -0.05) is 60.7 Å². The molecule has 0 spiro atoms. The third kappa shape index (κ3) is 15.4. The van der Waals surface area contributed by atoms with Crippen molar-refractivity contribution in [3.8, 4) is 11.5 Å². The van der Waals surface area contributed by atoms with Crippen molar-refractivity contribution in [3.63, 3.8) is 0 Å². The summed E-state index contributed by atoms with van der Waals surface area (Å²) in [5.74, 6) is 1.92. The number of halogens is 4. The number of rotatable bonds is 16. The molecular weight excluding hydrogens is 975 g/mol. The molecule has 0 bridgehead atoms. The Hall–Kier alpha value is -4.16. The number of piperazine rings is 2. The predicted octanol–water partition coefficient (Wildman–Crippen LogP) is 8.82. The summed E-state index contributed by atoms with van der Waals surface area (Å²) in [4.78, 5) is 39.0. The number of carbonyl (C=O) groups is 2. The lowest BCUT2D eigenvalue weighted by Gasteiger charge is -2.36. The fraction of sp³-hybridized carbons (Fsp3) is 0.417. The van der Waals surface area contributed by atoms with Crippen molar-refractivity contribution in [1.82, 2.24) is 28.3 Å². The maximum absolute atomic E-state index is 12.8. The Balaban J connectivity index is 0.000000428. The molecule has 19 heteroatoms. The highest BCUT2D eigenvalue weighted by atomic mass is 35.5. The van der Waals surface area contributed by atoms with Gasteiger partial charge in [0.2, 0.25) is 0 Å². The molecule has 0 aliphatic carbocycles. The number of anilines is 2. The maximum Gasteiger partial charge on any atom is 0.273 e. The van der Waals surface area contributed by atoms with Gasteiger partial charge in [0.25, 0.3) is 11.8 Å². The molecule has 2 N–H and O–H groups in total. The molecule has 6 aromatic rings. The number of methoxy groups -OCH3 is 2. The summed E-state index contributed by atoms with van der Waals surface area (Å²) in [5.41, 5.74) is 3.52. The summed E-state index contributed by atoms with van der Waals surface area (Å²) in [6.45, 7) is 11.9. The molecule has 2 aromatic heterocycles. The quantitative estimate of drug-likeness (QED) is 0.0868. The molecule has 368 valence electrons. The Kier molecular flexibility index (Phi) is 26.1. The van der Waals surface area contributed by atoms with Gasteiger partial charge < -0.3 is 34.5 Å². The molecule has 0 radical (unpaired) electrons. The minimum atomic E-state index is 0. The van der Waals surface area contributed by atoms with Crippen molar-refractivity contribution in [1.29, 1.82) is 0 Å². The summed E-state index contributed by atoms with van der Waals surface area (Å²) in [6.07, 6.45) is 4.17. The van der Waals surface area contributed by atoms with Crippen molar-refractivity contribution in [2.75, 3.05) is 117 Å². The lowest BCUT2D eigenvalue weighted by molar-refractivity contribution is 0.0781. The van der Waals surface area contributed by atoms with Crippen LogP contribution in [0.25, 0.3) is 20.2 Å². The van der Waals surface area contributed by atoms with E-state index in [0.717, 1.165) is 136 Å². The van der Waals surface area contributed by atoms with Gasteiger partial charge in [0.15, 0.2) is 0 Å². The van der Waals surface area contributed by atoms with Crippen LogP contribution in [-0.4, -0.2) is 152 Å². The van der Waals surface area contributed by atoms with E-state index in [4.69, 9.17) is 9.47 Å². The van der Waals surface area contributed by atoms with Gasteiger partial charge in [-0.25, -0.2) is 0 Å². The van der Waals surface area contributed by atoms with Gasteiger partial charge in [0.1, 0.15) is 22.9 Å². The summed E-state index contributed by atoms with van der Waals surface area (Å²) < 4.78 is 21.9. The Labute approximate surface area is 428 Å². The van der Waals surface area contributed by atoms with Gasteiger partial charge in [-0.2, -0.15) is 8.75 Å². The number of fused-ring (bicyclic) bond motifs is 2. The average Bonchev–Trinajstić information content (AvgIpc) is 3.97. The normalized spacial score (nSPS) is 13.6. The second-order valence-corrected chi connectivity index (χ2v) is 17.5. The minimum absolute atomic E-state index is 0. The lowest BCUT2D eigenvalue weighted by atomic mass is 10.2. The first-order valence-electron chi connectivity index (χ1n) is 21.7. The van der Waals surface area contributed by atoms with Crippen LogP contribution in [0.1, 0.15) is 46.7 Å². The van der Waals surface area contributed by atoms with E-state index in [9.17, 15) is 9.59 Å². The molecule has 0 atom stereocenters. The van der Waals surface area contributed by atoms with Crippen molar-refractivity contribution in [2.45, 2.75) is 25.7 Å². The first kappa shape index (κ1) is 59.0. The standard InChI is InChI=1S/2C24H30N4O2S.4ClH.H2O/c2*1-26(24(29)23-19-9-3-6-12-22(19)31-25-23)13-7-8-14-27-15-17-28(18-16-27)20-10-4-5-11-21(20)30-2;;;;;/h2*3-6,9-12H,7-8,13-18H2,1-2H3;4*1H;1H2. The van der Waals surface area contributed by atoms with Crippen LogP contribution in [0.4, 0.5) is 11.4 Å². The fourth-order valence-electron chi connectivity index (χ4n) is 8.22. The van der Waals surface area contributed by atoms with E-state index in [-0.39, 0.29) is 66.9 Å². The molecule has 2 fully saturated rings. The molecule has 2 aliphatic heterocycles. The Morgan fingerprint density at radius 3 is 1.24 bits per heavy atom. The van der Waals surface area contributed by atoms with Gasteiger partial charge in [0, 0.05) is 90.3 Å². The minimum Gasteiger partial charge on any atom is -0.495 e. The number of benzene rings is 4. The van der Waals surface area contributed by atoms with E-state index in [0.29, 0.717) is 11.4 Å². The van der Waals surface area contributed by atoms with Crippen LogP contribution in [0, 0.1) is 0 Å². The molecule has 2 aliphatic rings. The summed E-state index contributed by atoms with van der Waals surface area (Å²) in [5, 5.41) is 1.91. The molecule has 4 aromatic carbocycles. The van der Waals surface area contributed by atoms with Crippen LogP contribution in [0.15, 0.2) is 97.1 Å². The average molecular weight is 1040 g/mol.